The maximum Gasteiger partial charge on any atom is 0.410 e. The smallest absolute Gasteiger partial charge is 0.410 e. The summed E-state index contributed by atoms with van der Waals surface area (Å²) in [7, 11) is 1.65. The van der Waals surface area contributed by atoms with Gasteiger partial charge < -0.3 is 9.47 Å². The number of nitrogens with zero attached hydrogens (tertiary/aromatic N) is 1. The quantitative estimate of drug-likeness (QED) is 0.0832. The third-order valence-corrected chi connectivity index (χ3v) is 7.29. The molecule has 0 aliphatic carbocycles. The zero-order valence-corrected chi connectivity index (χ0v) is 25.5. The van der Waals surface area contributed by atoms with Crippen LogP contribution in [0, 0.1) is 5.92 Å². The Balaban J connectivity index is 3.87. The molecule has 5 nitrogen and oxygen atoms in total. The lowest BCUT2D eigenvalue weighted by molar-refractivity contribution is -0.150. The number of rotatable bonds is 26. The van der Waals surface area contributed by atoms with Crippen molar-refractivity contribution >= 4 is 12.1 Å². The Morgan fingerprint density at radius 3 is 1.22 bits per heavy atom. The van der Waals surface area contributed by atoms with Crippen molar-refractivity contribution in [3.05, 3.63) is 0 Å². The van der Waals surface area contributed by atoms with Crippen LogP contribution in [0.15, 0.2) is 0 Å². The number of hydrogen-bond donors (Lipinski definition) is 0. The monoisotopic (exact) mass is 525 g/mol. The molecule has 1 atom stereocenters. The Bertz CT molecular complexity index is 523. The minimum Gasteiger partial charge on any atom is -0.464 e. The summed E-state index contributed by atoms with van der Waals surface area (Å²) in [4.78, 5) is 26.6. The second kappa shape index (κ2) is 26.4. The number of hydrogen-bond acceptors (Lipinski definition) is 4. The summed E-state index contributed by atoms with van der Waals surface area (Å²) >= 11 is 0. The highest BCUT2D eigenvalue weighted by molar-refractivity contribution is 5.81. The summed E-state index contributed by atoms with van der Waals surface area (Å²) in [6, 6.07) is -0.604. The molecule has 0 aromatic heterocycles. The van der Waals surface area contributed by atoms with Gasteiger partial charge in [-0.1, -0.05) is 150 Å². The van der Waals surface area contributed by atoms with E-state index in [9.17, 15) is 9.59 Å². The number of amides is 1. The standard InChI is InChI=1S/C32H63NO4/c1-6-8-10-12-14-16-17-18-19-20-22-23-25-27-36-31(34)30(29(3)4)33(5)32(35)37-28-26-24-21-15-13-11-9-7-2/h29-30H,6-28H2,1-5H3. The Labute approximate surface area is 230 Å². The Kier molecular flexibility index (Phi) is 25.5. The Hall–Kier alpha value is -1.26. The fourth-order valence-electron chi connectivity index (χ4n) is 4.87. The highest BCUT2D eigenvalue weighted by Crippen LogP contribution is 2.15. The molecule has 1 unspecified atom stereocenters. The number of unbranched alkanes of at least 4 members (excludes halogenated alkanes) is 19. The highest BCUT2D eigenvalue weighted by atomic mass is 16.6. The van der Waals surface area contributed by atoms with E-state index in [0.29, 0.717) is 13.2 Å². The molecule has 0 saturated heterocycles. The molecule has 0 aromatic rings. The molecule has 0 heterocycles. The summed E-state index contributed by atoms with van der Waals surface area (Å²) < 4.78 is 11.0. The van der Waals surface area contributed by atoms with Crippen LogP contribution in [0.2, 0.25) is 0 Å². The van der Waals surface area contributed by atoms with Crippen LogP contribution >= 0.6 is 0 Å². The predicted molar refractivity (Wildman–Crippen MR) is 157 cm³/mol. The van der Waals surface area contributed by atoms with E-state index in [2.05, 4.69) is 13.8 Å². The molecular formula is C32H63NO4. The maximum absolute atomic E-state index is 12.7. The average molecular weight is 526 g/mol. The van der Waals surface area contributed by atoms with E-state index in [0.717, 1.165) is 25.7 Å². The molecule has 0 bridgehead atoms. The SMILES string of the molecule is CCCCCCCCCCCCCCCOC(=O)C(C(C)C)N(C)C(=O)OCCCCCCCCCC. The van der Waals surface area contributed by atoms with Crippen molar-refractivity contribution < 1.29 is 19.1 Å². The molecule has 1 amide bonds. The van der Waals surface area contributed by atoms with Gasteiger partial charge >= 0.3 is 12.1 Å². The van der Waals surface area contributed by atoms with Crippen molar-refractivity contribution in [2.75, 3.05) is 20.3 Å². The zero-order chi connectivity index (χ0) is 27.6. The van der Waals surface area contributed by atoms with Gasteiger partial charge in [0.2, 0.25) is 0 Å². The van der Waals surface area contributed by atoms with Crippen LogP contribution in [-0.4, -0.2) is 43.3 Å². The maximum atomic E-state index is 12.7. The predicted octanol–water partition coefficient (Wildman–Crippen LogP) is 9.85. The van der Waals surface area contributed by atoms with Crippen LogP contribution in [0.5, 0.6) is 0 Å². The van der Waals surface area contributed by atoms with Crippen LogP contribution in [0.3, 0.4) is 0 Å². The van der Waals surface area contributed by atoms with Crippen LogP contribution in [0.1, 0.15) is 163 Å². The van der Waals surface area contributed by atoms with Gasteiger partial charge in [0.05, 0.1) is 13.2 Å². The van der Waals surface area contributed by atoms with Gasteiger partial charge in [0.15, 0.2) is 0 Å². The largest absolute Gasteiger partial charge is 0.464 e. The van der Waals surface area contributed by atoms with Gasteiger partial charge in [-0.2, -0.15) is 0 Å². The van der Waals surface area contributed by atoms with Gasteiger partial charge in [0.1, 0.15) is 6.04 Å². The van der Waals surface area contributed by atoms with Gasteiger partial charge in [0, 0.05) is 7.05 Å². The van der Waals surface area contributed by atoms with E-state index in [1.807, 2.05) is 13.8 Å². The van der Waals surface area contributed by atoms with Crippen molar-refractivity contribution in [2.45, 2.75) is 169 Å². The number of ether oxygens (including phenoxy) is 2. The molecule has 0 radical (unpaired) electrons. The molecule has 0 aliphatic rings. The second-order valence-electron chi connectivity index (χ2n) is 11.3. The van der Waals surface area contributed by atoms with Crippen molar-refractivity contribution in [3.8, 4) is 0 Å². The van der Waals surface area contributed by atoms with Crippen molar-refractivity contribution in [3.63, 3.8) is 0 Å². The van der Waals surface area contributed by atoms with Crippen LogP contribution in [0.25, 0.3) is 0 Å². The molecule has 0 spiro atoms. The second-order valence-corrected chi connectivity index (χ2v) is 11.3. The lowest BCUT2D eigenvalue weighted by Gasteiger charge is -2.28. The normalized spacial score (nSPS) is 12.1. The van der Waals surface area contributed by atoms with Gasteiger partial charge in [-0.3, -0.25) is 4.90 Å². The third-order valence-electron chi connectivity index (χ3n) is 7.29. The highest BCUT2D eigenvalue weighted by Gasteiger charge is 2.32. The summed E-state index contributed by atoms with van der Waals surface area (Å²) in [5.41, 5.74) is 0. The molecule has 5 heteroatoms. The topological polar surface area (TPSA) is 55.8 Å². The van der Waals surface area contributed by atoms with E-state index >= 15 is 0 Å². The first-order valence-electron chi connectivity index (χ1n) is 16.0. The van der Waals surface area contributed by atoms with Gasteiger partial charge in [-0.05, 0) is 18.8 Å². The van der Waals surface area contributed by atoms with E-state index < -0.39 is 12.1 Å². The van der Waals surface area contributed by atoms with E-state index in [1.165, 1.54) is 114 Å². The molecular weight excluding hydrogens is 462 g/mol. The number of carbonyl (C=O) groups is 2. The van der Waals surface area contributed by atoms with Crippen molar-refractivity contribution in [1.29, 1.82) is 0 Å². The number of likely N-dealkylation sites (N-methyl/N-ethyl adjacent to an activating group) is 1. The fraction of sp³-hybridized carbons (Fsp3) is 0.938. The Morgan fingerprint density at radius 1 is 0.541 bits per heavy atom. The molecule has 0 saturated carbocycles. The van der Waals surface area contributed by atoms with Gasteiger partial charge in [0.25, 0.3) is 0 Å². The van der Waals surface area contributed by atoms with E-state index in [4.69, 9.17) is 9.47 Å². The average Bonchev–Trinajstić information content (AvgIpc) is 2.87. The zero-order valence-electron chi connectivity index (χ0n) is 25.5. The van der Waals surface area contributed by atoms with Gasteiger partial charge in [-0.25, -0.2) is 9.59 Å². The molecule has 220 valence electrons. The number of esters is 1. The van der Waals surface area contributed by atoms with E-state index in [1.54, 1.807) is 7.05 Å². The van der Waals surface area contributed by atoms with Crippen LogP contribution in [-0.2, 0) is 14.3 Å². The van der Waals surface area contributed by atoms with Gasteiger partial charge in [-0.15, -0.1) is 0 Å². The molecule has 37 heavy (non-hydrogen) atoms. The molecule has 0 fully saturated rings. The first-order valence-corrected chi connectivity index (χ1v) is 16.0. The summed E-state index contributed by atoms with van der Waals surface area (Å²) in [6.45, 7) is 9.23. The first-order chi connectivity index (χ1) is 18.0. The molecule has 0 aromatic carbocycles. The Morgan fingerprint density at radius 2 is 0.865 bits per heavy atom. The molecule has 0 rings (SSSR count). The fourth-order valence-corrected chi connectivity index (χ4v) is 4.87. The first kappa shape index (κ1) is 35.7. The summed E-state index contributed by atoms with van der Waals surface area (Å²) in [5, 5.41) is 0. The third kappa shape index (κ3) is 21.4. The summed E-state index contributed by atoms with van der Waals surface area (Å²) in [6.07, 6.45) is 26.0. The number of carbonyl (C=O) groups excluding carboxylic acids is 2. The van der Waals surface area contributed by atoms with Crippen LogP contribution in [0.4, 0.5) is 4.79 Å². The molecule has 0 N–H and O–H groups in total. The minimum atomic E-state index is -0.604. The lowest BCUT2D eigenvalue weighted by Crippen LogP contribution is -2.46. The van der Waals surface area contributed by atoms with Crippen LogP contribution < -0.4 is 0 Å². The summed E-state index contributed by atoms with van der Waals surface area (Å²) in [5.74, 6) is -0.347. The van der Waals surface area contributed by atoms with E-state index in [-0.39, 0.29) is 11.9 Å². The lowest BCUT2D eigenvalue weighted by atomic mass is 10.0. The minimum absolute atomic E-state index is 0.0279. The van der Waals surface area contributed by atoms with Crippen molar-refractivity contribution in [1.82, 2.24) is 4.90 Å². The molecule has 0 aliphatic heterocycles. The van der Waals surface area contributed by atoms with Crippen molar-refractivity contribution in [2.24, 2.45) is 5.92 Å².